The summed E-state index contributed by atoms with van der Waals surface area (Å²) >= 11 is 0. The number of piperazine rings is 1. The molecule has 0 radical (unpaired) electrons. The van der Waals surface area contributed by atoms with Gasteiger partial charge in [-0.05, 0) is 56.1 Å². The minimum absolute atomic E-state index is 0.0601. The van der Waals surface area contributed by atoms with Crippen molar-refractivity contribution < 1.29 is 4.79 Å². The third-order valence-corrected chi connectivity index (χ3v) is 6.08. The maximum atomic E-state index is 13.0. The molecule has 1 aromatic carbocycles. The fourth-order valence-electron chi connectivity index (χ4n) is 4.20. The molecular weight excluding hydrogens is 418 g/mol. The monoisotopic (exact) mass is 449 g/mol. The summed E-state index contributed by atoms with van der Waals surface area (Å²) in [6.07, 6.45) is 6.29. The average molecular weight is 450 g/mol. The lowest BCUT2D eigenvalue weighted by atomic mass is 10.0. The van der Waals surface area contributed by atoms with Crippen LogP contribution in [0, 0.1) is 0 Å². The van der Waals surface area contributed by atoms with E-state index in [0.29, 0.717) is 24.3 Å². The summed E-state index contributed by atoms with van der Waals surface area (Å²) in [5.41, 5.74) is 8.30. The Morgan fingerprint density at radius 1 is 1.18 bits per heavy atom. The first-order chi connectivity index (χ1) is 16.0. The molecule has 0 bridgehead atoms. The largest absolute Gasteiger partial charge is 0.405 e. The van der Waals surface area contributed by atoms with Crippen molar-refractivity contribution in [2.75, 3.05) is 55.3 Å². The molecule has 1 atom stereocenters. The number of hydrogen-bond donors (Lipinski definition) is 4. The van der Waals surface area contributed by atoms with E-state index in [2.05, 4.69) is 37.5 Å². The second-order valence-electron chi connectivity index (χ2n) is 8.45. The number of aliphatic imine (C=N–C) groups is 1. The van der Waals surface area contributed by atoms with Crippen LogP contribution in [0.1, 0.15) is 23.2 Å². The number of likely N-dealkylation sites (N-methyl/N-ethyl adjacent to an activating group) is 1. The van der Waals surface area contributed by atoms with Gasteiger partial charge < -0.3 is 31.2 Å². The van der Waals surface area contributed by atoms with Crippen LogP contribution >= 0.6 is 0 Å². The molecule has 1 amide bonds. The molecule has 0 saturated carbocycles. The molecule has 2 aromatic rings. The van der Waals surface area contributed by atoms with E-state index in [1.807, 2.05) is 24.3 Å². The van der Waals surface area contributed by atoms with Gasteiger partial charge in [0.1, 0.15) is 5.56 Å². The first kappa shape index (κ1) is 22.6. The molecule has 33 heavy (non-hydrogen) atoms. The second kappa shape index (κ2) is 10.4. The number of nitrogens with one attached hydrogen (secondary N) is 3. The molecule has 0 aliphatic carbocycles. The highest BCUT2D eigenvalue weighted by Gasteiger charge is 2.21. The molecule has 0 spiro atoms. The highest BCUT2D eigenvalue weighted by Crippen LogP contribution is 2.22. The number of hydrogen-bond acceptors (Lipinski definition) is 7. The molecule has 9 heteroatoms. The minimum atomic E-state index is -0.446. The number of allylic oxidation sites excluding steroid dienone is 1. The van der Waals surface area contributed by atoms with Gasteiger partial charge in [-0.1, -0.05) is 0 Å². The molecule has 2 aliphatic heterocycles. The van der Waals surface area contributed by atoms with E-state index in [9.17, 15) is 9.59 Å². The summed E-state index contributed by atoms with van der Waals surface area (Å²) < 4.78 is 0. The molecule has 2 aliphatic rings. The van der Waals surface area contributed by atoms with Gasteiger partial charge >= 0.3 is 0 Å². The summed E-state index contributed by atoms with van der Waals surface area (Å²) in [7, 11) is 2.13. The molecule has 1 unspecified atom stereocenters. The molecular formula is C24H31N7O2. The number of rotatable bonds is 6. The van der Waals surface area contributed by atoms with E-state index >= 15 is 0 Å². The topological polar surface area (TPSA) is 119 Å². The number of nitrogens with two attached hydrogens (primary N) is 1. The first-order valence-electron chi connectivity index (χ1n) is 11.3. The summed E-state index contributed by atoms with van der Waals surface area (Å²) in [6, 6.07) is 9.53. The van der Waals surface area contributed by atoms with Gasteiger partial charge in [-0.25, -0.2) is 0 Å². The van der Waals surface area contributed by atoms with Crippen LogP contribution in [-0.4, -0.2) is 67.3 Å². The second-order valence-corrected chi connectivity index (χ2v) is 8.45. The summed E-state index contributed by atoms with van der Waals surface area (Å²) in [6.45, 7) is 4.68. The van der Waals surface area contributed by atoms with Crippen molar-refractivity contribution in [2.45, 2.75) is 18.9 Å². The molecule has 3 heterocycles. The predicted molar refractivity (Wildman–Crippen MR) is 133 cm³/mol. The van der Waals surface area contributed by atoms with E-state index in [1.165, 1.54) is 6.20 Å². The quantitative estimate of drug-likeness (QED) is 0.535. The number of benzene rings is 1. The SMILES string of the molecule is CN1CCN(c2ccc(NC(=O)c3c(NC4CCN=C(/C=C\N)C4)cc[nH]c3=O)cc2)CC1. The van der Waals surface area contributed by atoms with Gasteiger partial charge in [0.15, 0.2) is 0 Å². The number of amides is 1. The molecule has 4 rings (SSSR count). The first-order valence-corrected chi connectivity index (χ1v) is 11.3. The Balaban J connectivity index is 1.45. The summed E-state index contributed by atoms with van der Waals surface area (Å²) in [5.74, 6) is -0.446. The van der Waals surface area contributed by atoms with E-state index in [-0.39, 0.29) is 11.6 Å². The fraction of sp³-hybridized carbons (Fsp3) is 0.375. The van der Waals surface area contributed by atoms with E-state index < -0.39 is 11.5 Å². The van der Waals surface area contributed by atoms with Gasteiger partial charge in [-0.2, -0.15) is 0 Å². The van der Waals surface area contributed by atoms with Gasteiger partial charge in [0, 0.05) is 68.5 Å². The molecule has 9 nitrogen and oxygen atoms in total. The maximum Gasteiger partial charge on any atom is 0.263 e. The van der Waals surface area contributed by atoms with Crippen molar-refractivity contribution in [3.8, 4) is 0 Å². The van der Waals surface area contributed by atoms with Crippen molar-refractivity contribution in [2.24, 2.45) is 10.7 Å². The van der Waals surface area contributed by atoms with Gasteiger partial charge in [0.05, 0.1) is 5.69 Å². The highest BCUT2D eigenvalue weighted by atomic mass is 16.2. The summed E-state index contributed by atoms with van der Waals surface area (Å²) in [5, 5.41) is 6.22. The number of H-pyrrole nitrogens is 1. The number of pyridine rings is 1. The maximum absolute atomic E-state index is 13.0. The van der Waals surface area contributed by atoms with Crippen molar-refractivity contribution in [3.05, 3.63) is 64.7 Å². The third-order valence-electron chi connectivity index (χ3n) is 6.08. The Morgan fingerprint density at radius 3 is 2.67 bits per heavy atom. The minimum Gasteiger partial charge on any atom is -0.405 e. The Hall–Kier alpha value is -3.59. The van der Waals surface area contributed by atoms with Crippen molar-refractivity contribution in [1.29, 1.82) is 0 Å². The van der Waals surface area contributed by atoms with Crippen LogP contribution in [0.25, 0.3) is 0 Å². The van der Waals surface area contributed by atoms with Crippen molar-refractivity contribution in [1.82, 2.24) is 9.88 Å². The van der Waals surface area contributed by atoms with Crippen LogP contribution in [0.2, 0.25) is 0 Å². The van der Waals surface area contributed by atoms with E-state index in [0.717, 1.165) is 44.0 Å². The Labute approximate surface area is 193 Å². The normalized spacial score (nSPS) is 19.4. The van der Waals surface area contributed by atoms with Crippen molar-refractivity contribution >= 4 is 28.7 Å². The Bertz CT molecular complexity index is 1080. The number of carbonyl (C=O) groups excluding carboxylic acids is 1. The number of aromatic amines is 1. The number of carbonyl (C=O) groups is 1. The van der Waals surface area contributed by atoms with Gasteiger partial charge in [-0.3, -0.25) is 14.6 Å². The van der Waals surface area contributed by atoms with Crippen LogP contribution in [0.4, 0.5) is 17.1 Å². The van der Waals surface area contributed by atoms with E-state index in [1.54, 1.807) is 18.3 Å². The molecule has 5 N–H and O–H groups in total. The zero-order chi connectivity index (χ0) is 23.2. The van der Waals surface area contributed by atoms with Gasteiger partial charge in [0.25, 0.3) is 11.5 Å². The average Bonchev–Trinajstić information content (AvgIpc) is 2.81. The number of aromatic nitrogens is 1. The molecule has 1 fully saturated rings. The van der Waals surface area contributed by atoms with Crippen LogP contribution in [0.15, 0.2) is 58.6 Å². The zero-order valence-corrected chi connectivity index (χ0v) is 18.9. The van der Waals surface area contributed by atoms with Crippen LogP contribution < -0.4 is 26.8 Å². The molecule has 1 aromatic heterocycles. The zero-order valence-electron chi connectivity index (χ0n) is 18.9. The van der Waals surface area contributed by atoms with Gasteiger partial charge in [-0.15, -0.1) is 0 Å². The van der Waals surface area contributed by atoms with Crippen LogP contribution in [-0.2, 0) is 0 Å². The van der Waals surface area contributed by atoms with Crippen LogP contribution in [0.3, 0.4) is 0 Å². The lowest BCUT2D eigenvalue weighted by Gasteiger charge is -2.34. The van der Waals surface area contributed by atoms with E-state index in [4.69, 9.17) is 5.73 Å². The third kappa shape index (κ3) is 5.61. The predicted octanol–water partition coefficient (Wildman–Crippen LogP) is 1.87. The lowest BCUT2D eigenvalue weighted by molar-refractivity contribution is 0.102. The smallest absolute Gasteiger partial charge is 0.263 e. The van der Waals surface area contributed by atoms with Crippen LogP contribution in [0.5, 0.6) is 0 Å². The van der Waals surface area contributed by atoms with Gasteiger partial charge in [0.2, 0.25) is 0 Å². The molecule has 1 saturated heterocycles. The molecule has 174 valence electrons. The standard InChI is InChI=1S/C24H31N7O2/c1-30-12-14-31(15-13-30)20-4-2-17(3-5-20)29-24(33)22-21(8-11-27-23(22)32)28-19-7-10-26-18(16-19)6-9-25/h2-6,8-9,11,19H,7,10,12-16,25H2,1H3,(H,29,33)(H2,27,28,32)/b9-6-. The fourth-order valence-corrected chi connectivity index (χ4v) is 4.20. The Kier molecular flexibility index (Phi) is 7.09. The Morgan fingerprint density at radius 2 is 1.94 bits per heavy atom. The highest BCUT2D eigenvalue weighted by molar-refractivity contribution is 6.08. The van der Waals surface area contributed by atoms with Crippen molar-refractivity contribution in [3.63, 3.8) is 0 Å². The number of nitrogens with zero attached hydrogens (tertiary/aromatic N) is 3. The number of anilines is 3. The summed E-state index contributed by atoms with van der Waals surface area (Å²) in [4.78, 5) is 37.3. The lowest BCUT2D eigenvalue weighted by Crippen LogP contribution is -2.44.